The normalized spacial score (nSPS) is 17.1. The lowest BCUT2D eigenvalue weighted by molar-refractivity contribution is 0.0607. The maximum atomic E-state index is 12.7. The Morgan fingerprint density at radius 1 is 1.46 bits per heavy atom. The van der Waals surface area contributed by atoms with Crippen LogP contribution in [0.2, 0.25) is 0 Å². The summed E-state index contributed by atoms with van der Waals surface area (Å²) in [6.07, 6.45) is 3.62. The van der Waals surface area contributed by atoms with Gasteiger partial charge < -0.3 is 15.0 Å². The third-order valence-corrected chi connectivity index (χ3v) is 5.08. The van der Waals surface area contributed by atoms with E-state index in [2.05, 4.69) is 10.4 Å². The van der Waals surface area contributed by atoms with Crippen LogP contribution in [0.3, 0.4) is 0 Å². The fourth-order valence-electron chi connectivity index (χ4n) is 3.05. The molecule has 3 heterocycles. The summed E-state index contributed by atoms with van der Waals surface area (Å²) < 4.78 is 6.66. The number of nitrogens with zero attached hydrogens (tertiary/aromatic N) is 3. The molecule has 2 amide bonds. The van der Waals surface area contributed by atoms with Gasteiger partial charge in [0.05, 0.1) is 24.5 Å². The van der Waals surface area contributed by atoms with Crippen molar-refractivity contribution in [3.05, 3.63) is 34.3 Å². The van der Waals surface area contributed by atoms with Crippen molar-refractivity contribution in [1.29, 1.82) is 0 Å². The molecule has 3 rings (SSSR count). The number of hydrogen-bond acceptors (Lipinski definition) is 5. The Bertz CT molecular complexity index is 739. The topological polar surface area (TPSA) is 76.5 Å². The predicted octanol–water partition coefficient (Wildman–Crippen LogP) is 3.12. The lowest BCUT2D eigenvalue weighted by atomic mass is 10.1. The van der Waals surface area contributed by atoms with Crippen LogP contribution < -0.4 is 5.32 Å². The number of hydrogen-bond donors (Lipinski definition) is 1. The van der Waals surface area contributed by atoms with Gasteiger partial charge >= 0.3 is 12.0 Å². The van der Waals surface area contributed by atoms with E-state index in [4.69, 9.17) is 4.74 Å². The van der Waals surface area contributed by atoms with E-state index in [1.54, 1.807) is 17.6 Å². The van der Waals surface area contributed by atoms with Crippen molar-refractivity contribution in [2.45, 2.75) is 32.4 Å². The van der Waals surface area contributed by atoms with Crippen LogP contribution in [-0.4, -0.2) is 40.3 Å². The van der Waals surface area contributed by atoms with Crippen molar-refractivity contribution in [3.63, 3.8) is 0 Å². The molecule has 24 heavy (non-hydrogen) atoms. The lowest BCUT2D eigenvalue weighted by Gasteiger charge is -2.25. The SMILES string of the molecule is CCn1nccc1[C@H]1CCCN1C(=O)Nc1ccsc1C(=O)OC. The highest BCUT2D eigenvalue weighted by molar-refractivity contribution is 7.12. The molecular weight excluding hydrogens is 328 g/mol. The molecule has 0 radical (unpaired) electrons. The van der Waals surface area contributed by atoms with Crippen LogP contribution in [0.15, 0.2) is 23.7 Å². The number of rotatable bonds is 4. The minimum atomic E-state index is -0.442. The fraction of sp³-hybridized carbons (Fsp3) is 0.438. The summed E-state index contributed by atoms with van der Waals surface area (Å²) in [5.74, 6) is -0.442. The zero-order valence-electron chi connectivity index (χ0n) is 13.7. The molecule has 7 nitrogen and oxygen atoms in total. The Hall–Kier alpha value is -2.35. The molecule has 0 spiro atoms. The van der Waals surface area contributed by atoms with Gasteiger partial charge in [-0.05, 0) is 37.3 Å². The highest BCUT2D eigenvalue weighted by atomic mass is 32.1. The molecular formula is C16H20N4O3S. The quantitative estimate of drug-likeness (QED) is 0.861. The van der Waals surface area contributed by atoms with E-state index in [9.17, 15) is 9.59 Å². The van der Waals surface area contributed by atoms with Crippen molar-refractivity contribution in [3.8, 4) is 0 Å². The molecule has 1 saturated heterocycles. The lowest BCUT2D eigenvalue weighted by Crippen LogP contribution is -2.35. The first-order chi connectivity index (χ1) is 11.7. The molecule has 1 aliphatic rings. The number of carbonyl (C=O) groups is 2. The number of esters is 1. The number of thiophene rings is 1. The summed E-state index contributed by atoms with van der Waals surface area (Å²) in [6.45, 7) is 3.48. The first kappa shape index (κ1) is 16.5. The van der Waals surface area contributed by atoms with Crippen LogP contribution in [0.25, 0.3) is 0 Å². The molecule has 0 aliphatic carbocycles. The summed E-state index contributed by atoms with van der Waals surface area (Å²) in [5.41, 5.74) is 1.54. The molecule has 1 aliphatic heterocycles. The van der Waals surface area contributed by atoms with Gasteiger partial charge in [0.2, 0.25) is 0 Å². The van der Waals surface area contributed by atoms with Crippen molar-refractivity contribution < 1.29 is 14.3 Å². The summed E-state index contributed by atoms with van der Waals surface area (Å²) in [5, 5.41) is 8.90. The van der Waals surface area contributed by atoms with Gasteiger partial charge in [-0.3, -0.25) is 4.68 Å². The second-order valence-electron chi connectivity index (χ2n) is 5.51. The first-order valence-electron chi connectivity index (χ1n) is 7.90. The van der Waals surface area contributed by atoms with Crippen LogP contribution in [0.4, 0.5) is 10.5 Å². The van der Waals surface area contributed by atoms with Crippen LogP contribution in [0.1, 0.15) is 41.2 Å². The number of likely N-dealkylation sites (tertiary alicyclic amines) is 1. The fourth-order valence-corrected chi connectivity index (χ4v) is 3.82. The van der Waals surface area contributed by atoms with Gasteiger partial charge in [-0.25, -0.2) is 9.59 Å². The molecule has 2 aromatic heterocycles. The Morgan fingerprint density at radius 3 is 3.04 bits per heavy atom. The highest BCUT2D eigenvalue weighted by Gasteiger charge is 2.32. The monoisotopic (exact) mass is 348 g/mol. The number of ether oxygens (including phenoxy) is 1. The molecule has 128 valence electrons. The number of urea groups is 1. The van der Waals surface area contributed by atoms with E-state index in [0.29, 0.717) is 17.1 Å². The van der Waals surface area contributed by atoms with E-state index >= 15 is 0 Å². The van der Waals surface area contributed by atoms with E-state index in [1.807, 2.05) is 22.6 Å². The van der Waals surface area contributed by atoms with E-state index in [-0.39, 0.29) is 12.1 Å². The Kier molecular flexibility index (Phi) is 4.84. The number of aromatic nitrogens is 2. The third kappa shape index (κ3) is 3.01. The van der Waals surface area contributed by atoms with Crippen LogP contribution in [0, 0.1) is 0 Å². The first-order valence-corrected chi connectivity index (χ1v) is 8.78. The van der Waals surface area contributed by atoms with Crippen LogP contribution in [0.5, 0.6) is 0 Å². The number of amides is 2. The average molecular weight is 348 g/mol. The van der Waals surface area contributed by atoms with Crippen LogP contribution in [-0.2, 0) is 11.3 Å². The van der Waals surface area contributed by atoms with Crippen LogP contribution >= 0.6 is 11.3 Å². The average Bonchev–Trinajstić information content (AvgIpc) is 3.32. The molecule has 1 N–H and O–H groups in total. The summed E-state index contributed by atoms with van der Waals surface area (Å²) in [7, 11) is 1.33. The summed E-state index contributed by atoms with van der Waals surface area (Å²) in [6, 6.07) is 3.48. The molecule has 0 saturated carbocycles. The minimum Gasteiger partial charge on any atom is -0.465 e. The van der Waals surface area contributed by atoms with Gasteiger partial charge in [0.1, 0.15) is 4.88 Å². The van der Waals surface area contributed by atoms with Gasteiger partial charge in [-0.1, -0.05) is 0 Å². The maximum Gasteiger partial charge on any atom is 0.350 e. The molecule has 1 fully saturated rings. The zero-order valence-corrected chi connectivity index (χ0v) is 14.5. The molecule has 1 atom stereocenters. The Morgan fingerprint density at radius 2 is 2.29 bits per heavy atom. The largest absolute Gasteiger partial charge is 0.465 e. The number of nitrogens with one attached hydrogen (secondary N) is 1. The van der Waals surface area contributed by atoms with Gasteiger partial charge in [0.15, 0.2) is 0 Å². The molecule has 0 aromatic carbocycles. The Labute approximate surface area is 144 Å². The van der Waals surface area contributed by atoms with Crippen molar-refractivity contribution in [2.75, 3.05) is 19.0 Å². The number of carbonyl (C=O) groups excluding carboxylic acids is 2. The smallest absolute Gasteiger partial charge is 0.350 e. The number of methoxy groups -OCH3 is 1. The molecule has 0 bridgehead atoms. The van der Waals surface area contributed by atoms with Gasteiger partial charge in [-0.2, -0.15) is 5.10 Å². The van der Waals surface area contributed by atoms with Gasteiger partial charge in [0.25, 0.3) is 0 Å². The third-order valence-electron chi connectivity index (χ3n) is 4.18. The summed E-state index contributed by atoms with van der Waals surface area (Å²) >= 11 is 1.25. The van der Waals surface area contributed by atoms with Gasteiger partial charge in [0, 0.05) is 19.3 Å². The second-order valence-corrected chi connectivity index (χ2v) is 6.42. The van der Waals surface area contributed by atoms with Crippen molar-refractivity contribution >= 4 is 29.0 Å². The zero-order chi connectivity index (χ0) is 17.1. The van der Waals surface area contributed by atoms with E-state index < -0.39 is 5.97 Å². The number of aryl methyl sites for hydroxylation is 1. The summed E-state index contributed by atoms with van der Waals surface area (Å²) in [4.78, 5) is 26.7. The number of anilines is 1. The van der Waals surface area contributed by atoms with E-state index in [0.717, 1.165) is 25.1 Å². The predicted molar refractivity (Wildman–Crippen MR) is 91.3 cm³/mol. The van der Waals surface area contributed by atoms with Crippen molar-refractivity contribution in [1.82, 2.24) is 14.7 Å². The molecule has 8 heteroatoms. The highest BCUT2D eigenvalue weighted by Crippen LogP contribution is 2.33. The Balaban J connectivity index is 1.77. The van der Waals surface area contributed by atoms with Gasteiger partial charge in [-0.15, -0.1) is 11.3 Å². The second kappa shape index (κ2) is 7.04. The standard InChI is InChI=1S/C16H20N4O3S/c1-3-20-13(6-8-17-20)12-5-4-9-19(12)16(22)18-11-7-10-24-14(11)15(21)23-2/h6-8,10,12H,3-5,9H2,1-2H3,(H,18,22)/t12-/m1/s1. The molecule has 0 unspecified atom stereocenters. The molecule has 2 aromatic rings. The van der Waals surface area contributed by atoms with E-state index in [1.165, 1.54) is 18.4 Å². The van der Waals surface area contributed by atoms with Crippen molar-refractivity contribution in [2.24, 2.45) is 0 Å². The minimum absolute atomic E-state index is 0.00709. The maximum absolute atomic E-state index is 12.7.